The second-order valence-corrected chi connectivity index (χ2v) is 8.84. The summed E-state index contributed by atoms with van der Waals surface area (Å²) >= 11 is 7.50. The molecule has 4 nitrogen and oxygen atoms in total. The maximum absolute atomic E-state index is 12.4. The first-order valence-corrected chi connectivity index (χ1v) is 10.4. The Kier molecular flexibility index (Phi) is 5.54. The Bertz CT molecular complexity index is 970. The standard InChI is InChI=1S/C18H17ClN2O2S2/c1-13-16(11-14-7-3-2-4-8-14)24-18(21-13)12-20-25(22,23)17-10-6-5-9-15(17)19/h2-10,20H,11-12H2,1H3. The van der Waals surface area contributed by atoms with Crippen LogP contribution < -0.4 is 4.72 Å². The first kappa shape index (κ1) is 18.1. The average Bonchev–Trinajstić information content (AvgIpc) is 2.94. The molecule has 0 fully saturated rings. The van der Waals surface area contributed by atoms with Crippen LogP contribution in [0.2, 0.25) is 5.02 Å². The molecule has 0 radical (unpaired) electrons. The van der Waals surface area contributed by atoms with Crippen molar-refractivity contribution >= 4 is 33.0 Å². The predicted molar refractivity (Wildman–Crippen MR) is 102 cm³/mol. The predicted octanol–water partition coefficient (Wildman–Crippen LogP) is 4.17. The van der Waals surface area contributed by atoms with E-state index in [0.29, 0.717) is 0 Å². The zero-order chi connectivity index (χ0) is 17.9. The van der Waals surface area contributed by atoms with Gasteiger partial charge in [0.25, 0.3) is 0 Å². The van der Waals surface area contributed by atoms with Crippen LogP contribution in [0.5, 0.6) is 0 Å². The van der Waals surface area contributed by atoms with Gasteiger partial charge in [0, 0.05) is 11.3 Å². The summed E-state index contributed by atoms with van der Waals surface area (Å²) in [6.45, 7) is 2.09. The van der Waals surface area contributed by atoms with Crippen LogP contribution in [0.1, 0.15) is 21.1 Å². The van der Waals surface area contributed by atoms with Gasteiger partial charge in [-0.15, -0.1) is 11.3 Å². The van der Waals surface area contributed by atoms with Crippen LogP contribution in [0.15, 0.2) is 59.5 Å². The van der Waals surface area contributed by atoms with Gasteiger partial charge in [-0.05, 0) is 24.6 Å². The molecule has 0 spiro atoms. The fraction of sp³-hybridized carbons (Fsp3) is 0.167. The third-order valence-corrected chi connectivity index (χ3v) is 6.74. The summed E-state index contributed by atoms with van der Waals surface area (Å²) in [6.07, 6.45) is 0.793. The Morgan fingerprint density at radius 2 is 1.76 bits per heavy atom. The van der Waals surface area contributed by atoms with Gasteiger partial charge < -0.3 is 0 Å². The summed E-state index contributed by atoms with van der Waals surface area (Å²) in [5.74, 6) is 0. The molecular weight excluding hydrogens is 376 g/mol. The number of aromatic nitrogens is 1. The number of hydrogen-bond donors (Lipinski definition) is 1. The normalized spacial score (nSPS) is 11.6. The van der Waals surface area contributed by atoms with Gasteiger partial charge in [0.2, 0.25) is 10.0 Å². The van der Waals surface area contributed by atoms with Gasteiger partial charge in [-0.1, -0.05) is 54.1 Å². The third-order valence-electron chi connectivity index (χ3n) is 3.68. The van der Waals surface area contributed by atoms with E-state index < -0.39 is 10.0 Å². The number of halogens is 1. The Balaban J connectivity index is 1.72. The molecule has 0 bridgehead atoms. The monoisotopic (exact) mass is 392 g/mol. The maximum Gasteiger partial charge on any atom is 0.242 e. The Hall–Kier alpha value is -1.73. The quantitative estimate of drug-likeness (QED) is 0.684. The van der Waals surface area contributed by atoms with E-state index in [1.807, 2.05) is 25.1 Å². The van der Waals surface area contributed by atoms with E-state index in [9.17, 15) is 8.42 Å². The highest BCUT2D eigenvalue weighted by atomic mass is 35.5. The minimum absolute atomic E-state index is 0.0782. The molecule has 0 atom stereocenters. The lowest BCUT2D eigenvalue weighted by Crippen LogP contribution is -2.23. The maximum atomic E-state index is 12.4. The number of nitrogens with zero attached hydrogens (tertiary/aromatic N) is 1. The van der Waals surface area contributed by atoms with Gasteiger partial charge >= 0.3 is 0 Å². The van der Waals surface area contributed by atoms with E-state index in [4.69, 9.17) is 11.6 Å². The van der Waals surface area contributed by atoms with Crippen LogP contribution in [-0.2, 0) is 23.0 Å². The molecule has 1 heterocycles. The zero-order valence-corrected chi connectivity index (χ0v) is 16.0. The molecule has 3 rings (SSSR count). The number of thiazole rings is 1. The molecule has 1 aromatic heterocycles. The number of aryl methyl sites for hydroxylation is 1. The van der Waals surface area contributed by atoms with Crippen molar-refractivity contribution in [1.29, 1.82) is 0 Å². The Morgan fingerprint density at radius 3 is 2.48 bits per heavy atom. The van der Waals surface area contributed by atoms with Crippen LogP contribution >= 0.6 is 22.9 Å². The molecule has 0 aliphatic carbocycles. The van der Waals surface area contributed by atoms with Crippen molar-refractivity contribution in [3.8, 4) is 0 Å². The lowest BCUT2D eigenvalue weighted by atomic mass is 10.1. The molecule has 0 aliphatic heterocycles. The number of benzene rings is 2. The van der Waals surface area contributed by atoms with Gasteiger partial charge in [-0.25, -0.2) is 18.1 Å². The first-order valence-electron chi connectivity index (χ1n) is 7.69. The number of nitrogens with one attached hydrogen (secondary N) is 1. The molecule has 7 heteroatoms. The van der Waals surface area contributed by atoms with Crippen molar-refractivity contribution in [1.82, 2.24) is 9.71 Å². The number of rotatable bonds is 6. The highest BCUT2D eigenvalue weighted by Crippen LogP contribution is 2.23. The number of sulfonamides is 1. The Labute approximate surface area is 156 Å². The molecule has 0 aliphatic rings. The second-order valence-electron chi connectivity index (χ2n) is 5.53. The van der Waals surface area contributed by atoms with E-state index in [-0.39, 0.29) is 16.5 Å². The fourth-order valence-electron chi connectivity index (χ4n) is 2.41. The molecule has 0 saturated heterocycles. The van der Waals surface area contributed by atoms with Gasteiger partial charge in [0.05, 0.1) is 17.3 Å². The van der Waals surface area contributed by atoms with Crippen LogP contribution in [0.3, 0.4) is 0 Å². The molecule has 25 heavy (non-hydrogen) atoms. The van der Waals surface area contributed by atoms with Crippen molar-refractivity contribution in [3.63, 3.8) is 0 Å². The molecule has 130 valence electrons. The minimum atomic E-state index is -3.67. The van der Waals surface area contributed by atoms with Crippen molar-refractivity contribution in [2.24, 2.45) is 0 Å². The van der Waals surface area contributed by atoms with E-state index in [1.54, 1.807) is 18.2 Å². The highest BCUT2D eigenvalue weighted by Gasteiger charge is 2.18. The third kappa shape index (κ3) is 4.46. The van der Waals surface area contributed by atoms with Gasteiger partial charge in [0.1, 0.15) is 9.90 Å². The number of hydrogen-bond acceptors (Lipinski definition) is 4. The van der Waals surface area contributed by atoms with Gasteiger partial charge in [-0.2, -0.15) is 0 Å². The lowest BCUT2D eigenvalue weighted by Gasteiger charge is -2.06. The molecule has 0 amide bonds. The second kappa shape index (κ2) is 7.66. The molecule has 3 aromatic rings. The van der Waals surface area contributed by atoms with Crippen molar-refractivity contribution in [2.45, 2.75) is 24.8 Å². The largest absolute Gasteiger partial charge is 0.245 e. The van der Waals surface area contributed by atoms with Gasteiger partial charge in [0.15, 0.2) is 0 Å². The molecule has 0 saturated carbocycles. The van der Waals surface area contributed by atoms with Gasteiger partial charge in [-0.3, -0.25) is 0 Å². The molecule has 0 unspecified atom stereocenters. The van der Waals surface area contributed by atoms with Crippen molar-refractivity contribution in [2.75, 3.05) is 0 Å². The van der Waals surface area contributed by atoms with E-state index in [2.05, 4.69) is 21.8 Å². The van der Waals surface area contributed by atoms with Crippen molar-refractivity contribution in [3.05, 3.63) is 80.8 Å². The summed E-state index contributed by atoms with van der Waals surface area (Å²) in [7, 11) is -3.67. The fourth-order valence-corrected chi connectivity index (χ4v) is 5.05. The molecular formula is C18H17ClN2O2S2. The van der Waals surface area contributed by atoms with E-state index in [1.165, 1.54) is 23.0 Å². The smallest absolute Gasteiger partial charge is 0.242 e. The summed E-state index contributed by atoms with van der Waals surface area (Å²) in [4.78, 5) is 5.70. The van der Waals surface area contributed by atoms with Crippen LogP contribution in [0.25, 0.3) is 0 Å². The summed E-state index contributed by atoms with van der Waals surface area (Å²) < 4.78 is 27.4. The summed E-state index contributed by atoms with van der Waals surface area (Å²) in [5.41, 5.74) is 2.14. The van der Waals surface area contributed by atoms with Crippen LogP contribution in [-0.4, -0.2) is 13.4 Å². The summed E-state index contributed by atoms with van der Waals surface area (Å²) in [6, 6.07) is 16.5. The average molecular weight is 393 g/mol. The first-order chi connectivity index (χ1) is 12.0. The highest BCUT2D eigenvalue weighted by molar-refractivity contribution is 7.89. The van der Waals surface area contributed by atoms with Crippen LogP contribution in [0, 0.1) is 6.92 Å². The van der Waals surface area contributed by atoms with Crippen molar-refractivity contribution < 1.29 is 8.42 Å². The minimum Gasteiger partial charge on any atom is -0.245 e. The molecule has 1 N–H and O–H groups in total. The topological polar surface area (TPSA) is 59.1 Å². The Morgan fingerprint density at radius 1 is 1.08 bits per heavy atom. The van der Waals surface area contributed by atoms with E-state index >= 15 is 0 Å². The SMILES string of the molecule is Cc1nc(CNS(=O)(=O)c2ccccc2Cl)sc1Cc1ccccc1. The zero-order valence-electron chi connectivity index (χ0n) is 13.6. The van der Waals surface area contributed by atoms with E-state index in [0.717, 1.165) is 22.0 Å². The lowest BCUT2D eigenvalue weighted by molar-refractivity contribution is 0.581. The molecule has 2 aromatic carbocycles. The summed E-state index contributed by atoms with van der Waals surface area (Å²) in [5, 5.41) is 0.939. The van der Waals surface area contributed by atoms with Crippen LogP contribution in [0.4, 0.5) is 0 Å².